The van der Waals surface area contributed by atoms with Gasteiger partial charge in [-0.3, -0.25) is 9.89 Å². The second-order valence-corrected chi connectivity index (χ2v) is 6.52. The summed E-state index contributed by atoms with van der Waals surface area (Å²) in [6.07, 6.45) is 1.36. The summed E-state index contributed by atoms with van der Waals surface area (Å²) in [5, 5.41) is 23.3. The zero-order valence-electron chi connectivity index (χ0n) is 16.3. The topological polar surface area (TPSA) is 99.6 Å². The van der Waals surface area contributed by atoms with E-state index in [0.29, 0.717) is 23.6 Å². The number of ether oxygens (including phenoxy) is 1. The fourth-order valence-electron chi connectivity index (χ4n) is 3.16. The lowest BCUT2D eigenvalue weighted by atomic mass is 10.0. The van der Waals surface area contributed by atoms with Crippen molar-refractivity contribution < 1.29 is 14.6 Å². The molecule has 1 heterocycles. The van der Waals surface area contributed by atoms with Gasteiger partial charge in [0.1, 0.15) is 5.69 Å². The summed E-state index contributed by atoms with van der Waals surface area (Å²) >= 11 is 0. The fourth-order valence-corrected chi connectivity index (χ4v) is 3.16. The van der Waals surface area contributed by atoms with E-state index >= 15 is 0 Å². The van der Waals surface area contributed by atoms with Crippen LogP contribution in [0.25, 0.3) is 22.0 Å². The SMILES string of the molecule is CCOc1cccc(/C=N/NC(=O)c2cc(-c3cccc4ccccc34)n[nH]2)c1O. The van der Waals surface area contributed by atoms with Crippen LogP contribution < -0.4 is 10.2 Å². The number of hydrogen-bond donors (Lipinski definition) is 3. The van der Waals surface area contributed by atoms with Crippen LogP contribution in [0.4, 0.5) is 0 Å². The second kappa shape index (κ2) is 8.48. The van der Waals surface area contributed by atoms with Gasteiger partial charge in [-0.05, 0) is 35.9 Å². The van der Waals surface area contributed by atoms with Gasteiger partial charge in [0, 0.05) is 11.1 Å². The number of aromatic nitrogens is 2. The molecule has 0 radical (unpaired) electrons. The lowest BCUT2D eigenvalue weighted by molar-refractivity contribution is 0.0950. The molecule has 0 aliphatic rings. The molecule has 150 valence electrons. The Morgan fingerprint density at radius 3 is 2.83 bits per heavy atom. The third-order valence-electron chi connectivity index (χ3n) is 4.59. The number of amides is 1. The normalized spacial score (nSPS) is 11.1. The number of aromatic hydroxyl groups is 1. The van der Waals surface area contributed by atoms with Crippen molar-refractivity contribution in [2.45, 2.75) is 6.92 Å². The molecule has 7 nitrogen and oxygen atoms in total. The largest absolute Gasteiger partial charge is 0.504 e. The maximum atomic E-state index is 12.4. The molecule has 1 amide bonds. The smallest absolute Gasteiger partial charge is 0.289 e. The number of para-hydroxylation sites is 1. The van der Waals surface area contributed by atoms with Crippen molar-refractivity contribution in [2.24, 2.45) is 5.10 Å². The zero-order chi connectivity index (χ0) is 20.9. The summed E-state index contributed by atoms with van der Waals surface area (Å²) in [5.74, 6) is -0.108. The molecule has 4 aromatic rings. The van der Waals surface area contributed by atoms with Crippen LogP contribution >= 0.6 is 0 Å². The lowest BCUT2D eigenvalue weighted by Gasteiger charge is -2.07. The molecule has 0 saturated heterocycles. The second-order valence-electron chi connectivity index (χ2n) is 6.52. The van der Waals surface area contributed by atoms with Gasteiger partial charge in [0.25, 0.3) is 5.91 Å². The Morgan fingerprint density at radius 1 is 1.17 bits per heavy atom. The molecule has 3 N–H and O–H groups in total. The number of phenols is 1. The summed E-state index contributed by atoms with van der Waals surface area (Å²) in [5.41, 5.74) is 4.75. The van der Waals surface area contributed by atoms with E-state index in [1.54, 1.807) is 24.3 Å². The Morgan fingerprint density at radius 2 is 1.97 bits per heavy atom. The molecule has 3 aromatic carbocycles. The maximum absolute atomic E-state index is 12.4. The lowest BCUT2D eigenvalue weighted by Crippen LogP contribution is -2.18. The molecule has 0 atom stereocenters. The minimum absolute atomic E-state index is 0.0304. The highest BCUT2D eigenvalue weighted by molar-refractivity contribution is 5.98. The van der Waals surface area contributed by atoms with E-state index in [1.807, 2.05) is 49.4 Å². The number of aromatic amines is 1. The van der Waals surface area contributed by atoms with Crippen molar-refractivity contribution in [2.75, 3.05) is 6.61 Å². The molecule has 0 unspecified atom stereocenters. The Hall–Kier alpha value is -4.13. The summed E-state index contributed by atoms with van der Waals surface area (Å²) in [4.78, 5) is 12.4. The van der Waals surface area contributed by atoms with Gasteiger partial charge in [0.15, 0.2) is 11.5 Å². The van der Waals surface area contributed by atoms with Crippen LogP contribution in [-0.4, -0.2) is 34.0 Å². The van der Waals surface area contributed by atoms with Gasteiger partial charge in [0.2, 0.25) is 0 Å². The molecular weight excluding hydrogens is 380 g/mol. The van der Waals surface area contributed by atoms with E-state index in [2.05, 4.69) is 20.7 Å². The Balaban J connectivity index is 1.50. The number of hydrazone groups is 1. The van der Waals surface area contributed by atoms with Crippen LogP contribution in [0.2, 0.25) is 0 Å². The first-order chi connectivity index (χ1) is 14.7. The van der Waals surface area contributed by atoms with Crippen LogP contribution in [0.5, 0.6) is 11.5 Å². The summed E-state index contributed by atoms with van der Waals surface area (Å²) in [7, 11) is 0. The van der Waals surface area contributed by atoms with Crippen LogP contribution in [0, 0.1) is 0 Å². The third kappa shape index (κ3) is 3.86. The molecule has 0 saturated carbocycles. The summed E-state index contributed by atoms with van der Waals surface area (Å²) in [6.45, 7) is 2.26. The highest BCUT2D eigenvalue weighted by atomic mass is 16.5. The number of fused-ring (bicyclic) bond motifs is 1. The number of carbonyl (C=O) groups excluding carboxylic acids is 1. The van der Waals surface area contributed by atoms with Gasteiger partial charge in [-0.1, -0.05) is 48.5 Å². The average molecular weight is 400 g/mol. The van der Waals surface area contributed by atoms with E-state index in [0.717, 1.165) is 16.3 Å². The maximum Gasteiger partial charge on any atom is 0.289 e. The van der Waals surface area contributed by atoms with Gasteiger partial charge in [-0.25, -0.2) is 5.43 Å². The van der Waals surface area contributed by atoms with Gasteiger partial charge in [-0.2, -0.15) is 10.2 Å². The number of carbonyl (C=O) groups is 1. The van der Waals surface area contributed by atoms with E-state index in [9.17, 15) is 9.90 Å². The van der Waals surface area contributed by atoms with Crippen molar-refractivity contribution in [3.63, 3.8) is 0 Å². The summed E-state index contributed by atoms with van der Waals surface area (Å²) in [6, 6.07) is 20.7. The molecule has 0 aliphatic carbocycles. The van der Waals surface area contributed by atoms with Crippen LogP contribution in [0.15, 0.2) is 71.8 Å². The standard InChI is InChI=1S/C23H20N4O3/c1-2-30-21-12-6-9-16(22(21)28)14-24-27-23(29)20-13-19(25-26-20)18-11-5-8-15-7-3-4-10-17(15)18/h3-14,28H,2H2,1H3,(H,25,26)(H,27,29)/b24-14+. The average Bonchev–Trinajstić information content (AvgIpc) is 3.26. The van der Waals surface area contributed by atoms with E-state index in [1.165, 1.54) is 6.21 Å². The molecule has 7 heteroatoms. The zero-order valence-corrected chi connectivity index (χ0v) is 16.3. The minimum Gasteiger partial charge on any atom is -0.504 e. The number of hydrogen-bond acceptors (Lipinski definition) is 5. The Bertz CT molecular complexity index is 1220. The van der Waals surface area contributed by atoms with Crippen molar-refractivity contribution in [1.29, 1.82) is 0 Å². The van der Waals surface area contributed by atoms with E-state index in [4.69, 9.17) is 4.74 Å². The highest BCUT2D eigenvalue weighted by Crippen LogP contribution is 2.29. The first kappa shape index (κ1) is 19.2. The molecule has 0 spiro atoms. The number of rotatable bonds is 6. The quantitative estimate of drug-likeness (QED) is 0.335. The molecule has 1 aromatic heterocycles. The molecule has 4 rings (SSSR count). The summed E-state index contributed by atoms with van der Waals surface area (Å²) < 4.78 is 5.34. The Kier molecular flexibility index (Phi) is 5.43. The number of nitrogens with one attached hydrogen (secondary N) is 2. The first-order valence-electron chi connectivity index (χ1n) is 9.49. The Labute approximate surface area is 173 Å². The minimum atomic E-state index is -0.439. The molecule has 0 bridgehead atoms. The van der Waals surface area contributed by atoms with Gasteiger partial charge in [-0.15, -0.1) is 0 Å². The number of phenolic OH excluding ortho intramolecular Hbond substituents is 1. The van der Waals surface area contributed by atoms with E-state index < -0.39 is 5.91 Å². The number of benzene rings is 3. The van der Waals surface area contributed by atoms with Crippen molar-refractivity contribution in [1.82, 2.24) is 15.6 Å². The molecule has 0 fully saturated rings. The molecular formula is C23H20N4O3. The van der Waals surface area contributed by atoms with Crippen molar-refractivity contribution in [3.8, 4) is 22.8 Å². The highest BCUT2D eigenvalue weighted by Gasteiger charge is 2.12. The fraction of sp³-hybridized carbons (Fsp3) is 0.0870. The first-order valence-corrected chi connectivity index (χ1v) is 9.49. The monoisotopic (exact) mass is 400 g/mol. The number of nitrogens with zero attached hydrogens (tertiary/aromatic N) is 2. The predicted molar refractivity (Wildman–Crippen MR) is 116 cm³/mol. The molecule has 30 heavy (non-hydrogen) atoms. The van der Waals surface area contributed by atoms with Crippen LogP contribution in [0.1, 0.15) is 23.0 Å². The van der Waals surface area contributed by atoms with Gasteiger partial charge >= 0.3 is 0 Å². The van der Waals surface area contributed by atoms with E-state index in [-0.39, 0.29) is 11.4 Å². The van der Waals surface area contributed by atoms with Gasteiger partial charge < -0.3 is 9.84 Å². The predicted octanol–water partition coefficient (Wildman–Crippen LogP) is 4.10. The van der Waals surface area contributed by atoms with Gasteiger partial charge in [0.05, 0.1) is 18.5 Å². The molecule has 0 aliphatic heterocycles. The van der Waals surface area contributed by atoms with Crippen molar-refractivity contribution in [3.05, 3.63) is 78.0 Å². The number of H-pyrrole nitrogens is 1. The third-order valence-corrected chi connectivity index (χ3v) is 4.59. The van der Waals surface area contributed by atoms with Crippen molar-refractivity contribution >= 4 is 22.9 Å². The van der Waals surface area contributed by atoms with Crippen LogP contribution in [-0.2, 0) is 0 Å². The van der Waals surface area contributed by atoms with Crippen LogP contribution in [0.3, 0.4) is 0 Å².